The van der Waals surface area contributed by atoms with Gasteiger partial charge in [0, 0.05) is 37.5 Å². The predicted octanol–water partition coefficient (Wildman–Crippen LogP) is 2.75. The summed E-state index contributed by atoms with van der Waals surface area (Å²) in [6.07, 6.45) is 5.97. The van der Waals surface area contributed by atoms with Crippen LogP contribution in [0.2, 0.25) is 0 Å². The van der Waals surface area contributed by atoms with Crippen LogP contribution in [-0.4, -0.2) is 32.6 Å². The van der Waals surface area contributed by atoms with Gasteiger partial charge in [0.2, 0.25) is 23.4 Å². The van der Waals surface area contributed by atoms with Gasteiger partial charge in [0.15, 0.2) is 0 Å². The van der Waals surface area contributed by atoms with Crippen LogP contribution in [-0.2, 0) is 17.6 Å². The molecule has 1 aliphatic rings. The maximum absolute atomic E-state index is 12.8. The van der Waals surface area contributed by atoms with Crippen molar-refractivity contribution in [2.75, 3.05) is 11.4 Å². The minimum Gasteiger partial charge on any atom is -0.339 e. The molecule has 3 heterocycles. The molecule has 0 atom stereocenters. The number of fused-ring (bicyclic) bond motifs is 1. The van der Waals surface area contributed by atoms with Crippen LogP contribution < -0.4 is 4.90 Å². The lowest BCUT2D eigenvalue weighted by Crippen LogP contribution is -2.36. The molecule has 0 fully saturated rings. The summed E-state index contributed by atoms with van der Waals surface area (Å²) in [5, 5.41) is 3.89. The van der Waals surface area contributed by atoms with Crippen molar-refractivity contribution in [3.8, 4) is 11.6 Å². The molecule has 2 aromatic heterocycles. The Morgan fingerprint density at radius 1 is 1.19 bits per heavy atom. The number of amides is 1. The normalized spacial score (nSPS) is 13.5. The van der Waals surface area contributed by atoms with Crippen molar-refractivity contribution in [3.63, 3.8) is 0 Å². The molecule has 7 nitrogen and oxygen atoms in total. The zero-order valence-electron chi connectivity index (χ0n) is 14.6. The number of anilines is 1. The van der Waals surface area contributed by atoms with E-state index in [4.69, 9.17) is 4.52 Å². The van der Waals surface area contributed by atoms with Crippen LogP contribution in [0.15, 0.2) is 41.2 Å². The van der Waals surface area contributed by atoms with Gasteiger partial charge in [-0.3, -0.25) is 4.79 Å². The van der Waals surface area contributed by atoms with Crippen molar-refractivity contribution in [2.45, 2.75) is 32.6 Å². The van der Waals surface area contributed by atoms with Crippen LogP contribution in [0, 0.1) is 6.92 Å². The van der Waals surface area contributed by atoms with Crippen LogP contribution in [0.1, 0.15) is 29.9 Å². The Morgan fingerprint density at radius 3 is 2.88 bits per heavy atom. The van der Waals surface area contributed by atoms with Crippen LogP contribution in [0.4, 0.5) is 5.69 Å². The van der Waals surface area contributed by atoms with E-state index in [-0.39, 0.29) is 5.91 Å². The molecule has 0 bridgehead atoms. The molecule has 4 rings (SSSR count). The number of para-hydroxylation sites is 1. The SMILES string of the molecule is Cc1cccc2c1N(C(=O)CCc1nc(-c3ncccn3)no1)CCC2. The fourth-order valence-corrected chi connectivity index (χ4v) is 3.31. The van der Waals surface area contributed by atoms with Crippen LogP contribution in [0.25, 0.3) is 11.6 Å². The third-order valence-corrected chi connectivity index (χ3v) is 4.51. The van der Waals surface area contributed by atoms with E-state index in [0.29, 0.717) is 30.4 Å². The van der Waals surface area contributed by atoms with Crippen molar-refractivity contribution in [1.82, 2.24) is 20.1 Å². The minimum atomic E-state index is 0.0796. The Bertz CT molecular complexity index is 923. The molecule has 0 unspecified atom stereocenters. The number of benzene rings is 1. The average molecular weight is 349 g/mol. The maximum Gasteiger partial charge on any atom is 0.240 e. The van der Waals surface area contributed by atoms with Crippen LogP contribution >= 0.6 is 0 Å². The van der Waals surface area contributed by atoms with Gasteiger partial charge in [0.1, 0.15) is 0 Å². The average Bonchev–Trinajstić information content (AvgIpc) is 3.16. The second-order valence-corrected chi connectivity index (χ2v) is 6.32. The first-order valence-electron chi connectivity index (χ1n) is 8.71. The molecule has 0 saturated carbocycles. The zero-order chi connectivity index (χ0) is 17.9. The van der Waals surface area contributed by atoms with Crippen molar-refractivity contribution in [3.05, 3.63) is 53.7 Å². The van der Waals surface area contributed by atoms with Gasteiger partial charge in [-0.1, -0.05) is 23.4 Å². The predicted molar refractivity (Wildman–Crippen MR) is 95.5 cm³/mol. The zero-order valence-corrected chi connectivity index (χ0v) is 14.6. The summed E-state index contributed by atoms with van der Waals surface area (Å²) in [4.78, 5) is 27.1. The standard InChI is InChI=1S/C19H19N5O2/c1-13-5-2-6-14-7-3-12-24(17(13)14)16(25)9-8-15-22-19(23-26-15)18-20-10-4-11-21-18/h2,4-6,10-11H,3,7-9,12H2,1H3. The molecule has 7 heteroatoms. The van der Waals surface area contributed by atoms with E-state index in [1.165, 1.54) is 5.56 Å². The smallest absolute Gasteiger partial charge is 0.240 e. The van der Waals surface area contributed by atoms with Crippen molar-refractivity contribution in [2.24, 2.45) is 0 Å². The Morgan fingerprint density at radius 2 is 2.04 bits per heavy atom. The highest BCUT2D eigenvalue weighted by Gasteiger charge is 2.24. The summed E-state index contributed by atoms with van der Waals surface area (Å²) in [6, 6.07) is 7.93. The molecule has 0 radical (unpaired) electrons. The lowest BCUT2D eigenvalue weighted by Gasteiger charge is -2.31. The van der Waals surface area contributed by atoms with E-state index < -0.39 is 0 Å². The number of carbonyl (C=O) groups excluding carboxylic acids is 1. The van der Waals surface area contributed by atoms with Crippen molar-refractivity contribution >= 4 is 11.6 Å². The van der Waals surface area contributed by atoms with Gasteiger partial charge in [-0.2, -0.15) is 4.98 Å². The lowest BCUT2D eigenvalue weighted by atomic mass is 9.98. The molecular formula is C19H19N5O2. The summed E-state index contributed by atoms with van der Waals surface area (Å²) in [5.74, 6) is 1.25. The molecule has 3 aromatic rings. The summed E-state index contributed by atoms with van der Waals surface area (Å²) >= 11 is 0. The molecule has 1 aromatic carbocycles. The minimum absolute atomic E-state index is 0.0796. The third-order valence-electron chi connectivity index (χ3n) is 4.51. The second-order valence-electron chi connectivity index (χ2n) is 6.32. The van der Waals surface area contributed by atoms with Gasteiger partial charge in [-0.15, -0.1) is 0 Å². The van der Waals surface area contributed by atoms with Crippen LogP contribution in [0.3, 0.4) is 0 Å². The molecule has 26 heavy (non-hydrogen) atoms. The van der Waals surface area contributed by atoms with Crippen molar-refractivity contribution in [1.29, 1.82) is 0 Å². The molecule has 0 N–H and O–H groups in total. The molecule has 0 spiro atoms. The molecule has 1 aliphatic heterocycles. The Hall–Kier alpha value is -3.09. The highest BCUT2D eigenvalue weighted by molar-refractivity contribution is 5.95. The molecule has 0 saturated heterocycles. The van der Waals surface area contributed by atoms with Gasteiger partial charge in [0.25, 0.3) is 0 Å². The summed E-state index contributed by atoms with van der Waals surface area (Å²) in [5.41, 5.74) is 3.44. The Kier molecular flexibility index (Phi) is 4.43. The van der Waals surface area contributed by atoms with Crippen molar-refractivity contribution < 1.29 is 9.32 Å². The summed E-state index contributed by atoms with van der Waals surface area (Å²) in [7, 11) is 0. The molecule has 132 valence electrons. The maximum atomic E-state index is 12.8. The quantitative estimate of drug-likeness (QED) is 0.720. The number of rotatable bonds is 4. The number of carbonyl (C=O) groups is 1. The van der Waals surface area contributed by atoms with E-state index in [1.807, 2.05) is 11.0 Å². The monoisotopic (exact) mass is 349 g/mol. The number of aryl methyl sites for hydroxylation is 3. The number of hydrogen-bond donors (Lipinski definition) is 0. The van der Waals surface area contributed by atoms with E-state index in [1.54, 1.807) is 18.5 Å². The highest BCUT2D eigenvalue weighted by atomic mass is 16.5. The van der Waals surface area contributed by atoms with Crippen LogP contribution in [0.5, 0.6) is 0 Å². The Labute approximate surface area is 151 Å². The number of nitrogens with zero attached hydrogens (tertiary/aromatic N) is 5. The highest BCUT2D eigenvalue weighted by Crippen LogP contribution is 2.31. The molecular weight excluding hydrogens is 330 g/mol. The fourth-order valence-electron chi connectivity index (χ4n) is 3.31. The lowest BCUT2D eigenvalue weighted by molar-refractivity contribution is -0.118. The molecule has 0 aliphatic carbocycles. The second kappa shape index (κ2) is 7.03. The van der Waals surface area contributed by atoms with Gasteiger partial charge < -0.3 is 9.42 Å². The topological polar surface area (TPSA) is 85.0 Å². The summed E-state index contributed by atoms with van der Waals surface area (Å²) in [6.45, 7) is 2.80. The number of aromatic nitrogens is 4. The molecule has 1 amide bonds. The van der Waals surface area contributed by atoms with E-state index in [9.17, 15) is 4.79 Å². The first kappa shape index (κ1) is 16.4. The fraction of sp³-hybridized carbons (Fsp3) is 0.316. The first-order chi connectivity index (χ1) is 12.7. The van der Waals surface area contributed by atoms with E-state index >= 15 is 0 Å². The van der Waals surface area contributed by atoms with E-state index in [2.05, 4.69) is 39.2 Å². The van der Waals surface area contributed by atoms with Gasteiger partial charge in [0.05, 0.1) is 0 Å². The van der Waals surface area contributed by atoms with E-state index in [0.717, 1.165) is 30.6 Å². The first-order valence-corrected chi connectivity index (χ1v) is 8.71. The largest absolute Gasteiger partial charge is 0.339 e. The summed E-state index contributed by atoms with van der Waals surface area (Å²) < 4.78 is 5.24. The Balaban J connectivity index is 1.45. The number of hydrogen-bond acceptors (Lipinski definition) is 6. The van der Waals surface area contributed by atoms with Gasteiger partial charge >= 0.3 is 0 Å². The van der Waals surface area contributed by atoms with Gasteiger partial charge in [-0.25, -0.2) is 9.97 Å². The van der Waals surface area contributed by atoms with Gasteiger partial charge in [-0.05, 0) is 37.0 Å². The third kappa shape index (κ3) is 3.20.